The van der Waals surface area contributed by atoms with Gasteiger partial charge < -0.3 is 5.32 Å². The zero-order valence-electron chi connectivity index (χ0n) is 11.2. The number of benzene rings is 1. The Bertz CT molecular complexity index is 744. The van der Waals surface area contributed by atoms with Crippen LogP contribution < -0.4 is 5.32 Å². The number of aromatic nitrogens is 4. The number of aromatic amines is 1. The van der Waals surface area contributed by atoms with Crippen LogP contribution in [-0.4, -0.2) is 20.2 Å². The zero-order valence-corrected chi connectivity index (χ0v) is 12.7. The number of nitrogens with one attached hydrogen (secondary N) is 2. The molecule has 3 aromatic rings. The highest BCUT2D eigenvalue weighted by Crippen LogP contribution is 2.27. The van der Waals surface area contributed by atoms with Gasteiger partial charge in [-0.15, -0.1) is 0 Å². The van der Waals surface area contributed by atoms with Crippen LogP contribution in [0.3, 0.4) is 0 Å². The molecule has 21 heavy (non-hydrogen) atoms. The monoisotopic (exact) mass is 317 g/mol. The number of anilines is 2. The van der Waals surface area contributed by atoms with E-state index in [1.54, 1.807) is 6.07 Å². The van der Waals surface area contributed by atoms with Crippen LogP contribution in [0.1, 0.15) is 5.69 Å². The highest BCUT2D eigenvalue weighted by Gasteiger charge is 2.07. The summed E-state index contributed by atoms with van der Waals surface area (Å²) in [6, 6.07) is 13.5. The number of hydrogen-bond donors (Lipinski definition) is 2. The van der Waals surface area contributed by atoms with Crippen LogP contribution in [0.4, 0.5) is 11.6 Å². The molecule has 0 aliphatic rings. The molecule has 0 amide bonds. The Hall–Kier alpha value is -2.05. The molecule has 2 N–H and O–H groups in total. The molecule has 2 heterocycles. The summed E-state index contributed by atoms with van der Waals surface area (Å²) in [5.41, 5.74) is 0.969. The second-order valence-corrected chi connectivity index (χ2v) is 5.76. The molecule has 0 fully saturated rings. The maximum absolute atomic E-state index is 6.05. The van der Waals surface area contributed by atoms with Crippen LogP contribution in [-0.2, 0) is 0 Å². The van der Waals surface area contributed by atoms with Gasteiger partial charge in [-0.2, -0.15) is 5.10 Å². The number of nitrogens with zero attached hydrogens (tertiary/aromatic N) is 3. The predicted octanol–water partition coefficient (Wildman–Crippen LogP) is 4.06. The van der Waals surface area contributed by atoms with Gasteiger partial charge in [0.2, 0.25) is 0 Å². The van der Waals surface area contributed by atoms with E-state index in [-0.39, 0.29) is 0 Å². The van der Waals surface area contributed by atoms with Crippen molar-refractivity contribution >= 4 is 35.0 Å². The van der Waals surface area contributed by atoms with Crippen molar-refractivity contribution in [3.05, 3.63) is 53.3 Å². The van der Waals surface area contributed by atoms with E-state index >= 15 is 0 Å². The number of rotatable bonds is 4. The summed E-state index contributed by atoms with van der Waals surface area (Å²) in [5, 5.41) is 11.0. The fraction of sp³-hybridized carbons (Fsp3) is 0.0714. The van der Waals surface area contributed by atoms with Gasteiger partial charge in [-0.1, -0.05) is 29.8 Å². The van der Waals surface area contributed by atoms with E-state index in [9.17, 15) is 0 Å². The fourth-order valence-corrected chi connectivity index (χ4v) is 2.74. The fourth-order valence-electron chi connectivity index (χ4n) is 1.71. The zero-order chi connectivity index (χ0) is 14.7. The van der Waals surface area contributed by atoms with Crippen molar-refractivity contribution in [3.8, 4) is 0 Å². The standard InChI is InChI=1S/C14H12ClN5S/c1-9-7-13(20-19-9)17-12-8-11(15)16-14(18-12)21-10-5-3-2-4-6-10/h2-8H,1H3,(H2,16,17,18,19,20). The Morgan fingerprint density at radius 2 is 1.90 bits per heavy atom. The third kappa shape index (κ3) is 3.74. The summed E-state index contributed by atoms with van der Waals surface area (Å²) >= 11 is 7.51. The number of hydrogen-bond acceptors (Lipinski definition) is 5. The molecule has 1 aromatic carbocycles. The quantitative estimate of drug-likeness (QED) is 0.561. The van der Waals surface area contributed by atoms with Gasteiger partial charge in [-0.3, -0.25) is 5.10 Å². The van der Waals surface area contributed by atoms with Crippen molar-refractivity contribution in [2.45, 2.75) is 17.0 Å². The van der Waals surface area contributed by atoms with Crippen molar-refractivity contribution in [3.63, 3.8) is 0 Å². The van der Waals surface area contributed by atoms with Crippen LogP contribution in [0.5, 0.6) is 0 Å². The highest BCUT2D eigenvalue weighted by atomic mass is 35.5. The Kier molecular flexibility index (Phi) is 4.08. The lowest BCUT2D eigenvalue weighted by atomic mass is 10.4. The van der Waals surface area contributed by atoms with Gasteiger partial charge in [0.15, 0.2) is 11.0 Å². The first kappa shape index (κ1) is 13.9. The number of halogens is 1. The topological polar surface area (TPSA) is 66.5 Å². The van der Waals surface area contributed by atoms with Gasteiger partial charge in [0.05, 0.1) is 0 Å². The molecule has 106 valence electrons. The molecule has 0 unspecified atom stereocenters. The molecular formula is C14H12ClN5S. The normalized spacial score (nSPS) is 10.6. The first-order valence-corrected chi connectivity index (χ1v) is 7.45. The summed E-state index contributed by atoms with van der Waals surface area (Å²) in [6.07, 6.45) is 0. The second-order valence-electron chi connectivity index (χ2n) is 4.33. The summed E-state index contributed by atoms with van der Waals surface area (Å²) in [7, 11) is 0. The van der Waals surface area contributed by atoms with Gasteiger partial charge in [-0.05, 0) is 30.8 Å². The average Bonchev–Trinajstić information content (AvgIpc) is 2.84. The molecule has 5 nitrogen and oxygen atoms in total. The van der Waals surface area contributed by atoms with Gasteiger partial charge >= 0.3 is 0 Å². The van der Waals surface area contributed by atoms with Gasteiger partial charge in [-0.25, -0.2) is 9.97 Å². The highest BCUT2D eigenvalue weighted by molar-refractivity contribution is 7.99. The maximum Gasteiger partial charge on any atom is 0.195 e. The Balaban J connectivity index is 1.82. The van der Waals surface area contributed by atoms with E-state index in [0.717, 1.165) is 10.6 Å². The summed E-state index contributed by atoms with van der Waals surface area (Å²) in [4.78, 5) is 9.72. The largest absolute Gasteiger partial charge is 0.323 e. The average molecular weight is 318 g/mol. The minimum atomic E-state index is 0.387. The Morgan fingerprint density at radius 1 is 1.10 bits per heavy atom. The molecule has 0 aliphatic carbocycles. The summed E-state index contributed by atoms with van der Waals surface area (Å²) in [6.45, 7) is 1.93. The summed E-state index contributed by atoms with van der Waals surface area (Å²) < 4.78 is 0. The molecule has 0 spiro atoms. The Labute approximate surface area is 131 Å². The van der Waals surface area contributed by atoms with Crippen molar-refractivity contribution in [1.82, 2.24) is 20.2 Å². The van der Waals surface area contributed by atoms with Gasteiger partial charge in [0, 0.05) is 22.7 Å². The molecule has 0 radical (unpaired) electrons. The van der Waals surface area contributed by atoms with Crippen LogP contribution >= 0.6 is 23.4 Å². The van der Waals surface area contributed by atoms with E-state index in [1.165, 1.54) is 11.8 Å². The lowest BCUT2D eigenvalue weighted by Crippen LogP contribution is -1.97. The van der Waals surface area contributed by atoms with E-state index in [2.05, 4.69) is 25.5 Å². The van der Waals surface area contributed by atoms with Crippen LogP contribution in [0, 0.1) is 6.92 Å². The minimum Gasteiger partial charge on any atom is -0.323 e. The summed E-state index contributed by atoms with van der Waals surface area (Å²) in [5.74, 6) is 1.30. The molecule has 0 saturated heterocycles. The van der Waals surface area contributed by atoms with Crippen LogP contribution in [0.15, 0.2) is 52.5 Å². The first-order valence-electron chi connectivity index (χ1n) is 6.25. The molecule has 7 heteroatoms. The van der Waals surface area contributed by atoms with Crippen LogP contribution in [0.2, 0.25) is 5.15 Å². The van der Waals surface area contributed by atoms with E-state index in [0.29, 0.717) is 21.9 Å². The number of aryl methyl sites for hydroxylation is 1. The van der Waals surface area contributed by atoms with Crippen LogP contribution in [0.25, 0.3) is 0 Å². The van der Waals surface area contributed by atoms with E-state index in [4.69, 9.17) is 11.6 Å². The third-order valence-corrected chi connectivity index (χ3v) is 3.66. The lowest BCUT2D eigenvalue weighted by Gasteiger charge is -2.05. The molecular weight excluding hydrogens is 306 g/mol. The third-order valence-electron chi connectivity index (χ3n) is 2.59. The first-order chi connectivity index (χ1) is 10.2. The molecule has 0 atom stereocenters. The molecule has 3 rings (SSSR count). The maximum atomic E-state index is 6.05. The molecule has 2 aromatic heterocycles. The molecule has 0 bridgehead atoms. The van der Waals surface area contributed by atoms with Gasteiger partial charge in [0.1, 0.15) is 11.0 Å². The van der Waals surface area contributed by atoms with E-state index in [1.807, 2.05) is 43.3 Å². The van der Waals surface area contributed by atoms with Gasteiger partial charge in [0.25, 0.3) is 0 Å². The minimum absolute atomic E-state index is 0.387. The smallest absolute Gasteiger partial charge is 0.195 e. The SMILES string of the molecule is Cc1cc(Nc2cc(Cl)nc(Sc3ccccc3)n2)n[nH]1. The van der Waals surface area contributed by atoms with E-state index < -0.39 is 0 Å². The second kappa shape index (κ2) is 6.15. The van der Waals surface area contributed by atoms with Crippen molar-refractivity contribution < 1.29 is 0 Å². The molecule has 0 aliphatic heterocycles. The van der Waals surface area contributed by atoms with Crippen molar-refractivity contribution in [1.29, 1.82) is 0 Å². The van der Waals surface area contributed by atoms with Crippen molar-refractivity contribution in [2.24, 2.45) is 0 Å². The lowest BCUT2D eigenvalue weighted by molar-refractivity contribution is 0.968. The van der Waals surface area contributed by atoms with Crippen molar-refractivity contribution in [2.75, 3.05) is 5.32 Å². The molecule has 0 saturated carbocycles. The number of H-pyrrole nitrogens is 1. The Morgan fingerprint density at radius 3 is 2.62 bits per heavy atom. The predicted molar refractivity (Wildman–Crippen MR) is 84.2 cm³/mol.